The average molecular weight is 535 g/mol. The van der Waals surface area contributed by atoms with Crippen LogP contribution in [0.15, 0.2) is 60.7 Å². The van der Waals surface area contributed by atoms with E-state index in [4.69, 9.17) is 0 Å². The Bertz CT molecular complexity index is 1280. The molecule has 0 spiro atoms. The zero-order chi connectivity index (χ0) is 28.1. The smallest absolute Gasteiger partial charge is 0.416 e. The summed E-state index contributed by atoms with van der Waals surface area (Å²) in [5.74, 6) is -1.64. The quantitative estimate of drug-likeness (QED) is 0.245. The maximum atomic E-state index is 13.3. The fraction of sp³-hybridized carbons (Fsp3) is 0.321. The number of aliphatic hydroxyl groups excluding tert-OH is 2. The standard InChI is InChI=1S/C28H30F4N2O4/c1-27(2,34-15-25(37)18-7-9-24(36)21(11-18)16-35)13-17-4-3-5-19(10-17)26(38)33-14-20-6-8-22(29)12-23(20)28(30,31)32/h3-12,25,34-37H,13-16H2,1-2H3,(H,33,38)/t25-/m0/s1. The Morgan fingerprint density at radius 2 is 1.74 bits per heavy atom. The number of carbonyl (C=O) groups is 1. The van der Waals surface area contributed by atoms with Crippen molar-refractivity contribution >= 4 is 5.91 Å². The highest BCUT2D eigenvalue weighted by atomic mass is 19.4. The van der Waals surface area contributed by atoms with Crippen molar-refractivity contribution in [1.82, 2.24) is 10.6 Å². The van der Waals surface area contributed by atoms with Crippen LogP contribution in [0.4, 0.5) is 17.6 Å². The van der Waals surface area contributed by atoms with E-state index in [2.05, 4.69) is 10.6 Å². The van der Waals surface area contributed by atoms with Crippen LogP contribution in [0.3, 0.4) is 0 Å². The molecular weight excluding hydrogens is 504 g/mol. The SMILES string of the molecule is CC(C)(Cc1cccc(C(=O)NCc2ccc(F)cc2C(F)(F)F)c1)NC[C@H](O)c1ccc(O)c(CO)c1. The van der Waals surface area contributed by atoms with E-state index in [1.165, 1.54) is 12.1 Å². The van der Waals surface area contributed by atoms with Crippen LogP contribution in [0.2, 0.25) is 0 Å². The van der Waals surface area contributed by atoms with Gasteiger partial charge in [0.25, 0.3) is 5.91 Å². The Morgan fingerprint density at radius 3 is 2.42 bits per heavy atom. The van der Waals surface area contributed by atoms with E-state index in [0.717, 1.165) is 17.7 Å². The number of β-amino-alcohol motifs (C(OH)–C–C–N with tert-alkyl or cyclic N) is 1. The summed E-state index contributed by atoms with van der Waals surface area (Å²) in [6.07, 6.45) is -5.18. The van der Waals surface area contributed by atoms with Crippen molar-refractivity contribution in [3.8, 4) is 5.75 Å². The van der Waals surface area contributed by atoms with Gasteiger partial charge in [0.1, 0.15) is 11.6 Å². The first-order valence-electron chi connectivity index (χ1n) is 11.9. The molecule has 5 N–H and O–H groups in total. The second kappa shape index (κ2) is 11.9. The van der Waals surface area contributed by atoms with E-state index in [0.29, 0.717) is 23.6 Å². The van der Waals surface area contributed by atoms with Gasteiger partial charge in [-0.25, -0.2) is 4.39 Å². The molecule has 1 amide bonds. The van der Waals surface area contributed by atoms with Gasteiger partial charge in [-0.3, -0.25) is 4.79 Å². The average Bonchev–Trinajstić information content (AvgIpc) is 2.86. The highest BCUT2D eigenvalue weighted by Gasteiger charge is 2.33. The molecule has 3 aromatic rings. The number of phenols is 1. The van der Waals surface area contributed by atoms with Gasteiger partial charge in [0.15, 0.2) is 0 Å². The number of alkyl halides is 3. The maximum absolute atomic E-state index is 13.3. The summed E-state index contributed by atoms with van der Waals surface area (Å²) in [4.78, 5) is 12.7. The Hall–Kier alpha value is -3.47. The monoisotopic (exact) mass is 534 g/mol. The van der Waals surface area contributed by atoms with Crippen molar-refractivity contribution in [1.29, 1.82) is 0 Å². The highest BCUT2D eigenvalue weighted by molar-refractivity contribution is 5.94. The van der Waals surface area contributed by atoms with Crippen LogP contribution in [0.5, 0.6) is 5.75 Å². The van der Waals surface area contributed by atoms with Crippen molar-refractivity contribution in [2.24, 2.45) is 0 Å². The molecule has 0 heterocycles. The number of halogens is 4. The van der Waals surface area contributed by atoms with Gasteiger partial charge >= 0.3 is 6.18 Å². The summed E-state index contributed by atoms with van der Waals surface area (Å²) >= 11 is 0. The van der Waals surface area contributed by atoms with E-state index in [1.807, 2.05) is 19.9 Å². The van der Waals surface area contributed by atoms with Crippen LogP contribution in [0.25, 0.3) is 0 Å². The minimum absolute atomic E-state index is 0.0564. The van der Waals surface area contributed by atoms with Gasteiger partial charge in [-0.05, 0) is 73.4 Å². The van der Waals surface area contributed by atoms with Crippen molar-refractivity contribution in [2.75, 3.05) is 6.54 Å². The lowest BCUT2D eigenvalue weighted by atomic mass is 9.93. The molecule has 0 saturated carbocycles. The second-order valence-electron chi connectivity index (χ2n) is 9.69. The number of benzene rings is 3. The molecule has 204 valence electrons. The van der Waals surface area contributed by atoms with Gasteiger partial charge in [0, 0.05) is 29.8 Å². The largest absolute Gasteiger partial charge is 0.508 e. The van der Waals surface area contributed by atoms with E-state index in [9.17, 15) is 37.7 Å². The molecule has 0 radical (unpaired) electrons. The van der Waals surface area contributed by atoms with E-state index in [-0.39, 0.29) is 30.0 Å². The van der Waals surface area contributed by atoms with Crippen LogP contribution >= 0.6 is 0 Å². The first kappa shape index (κ1) is 29.1. The highest BCUT2D eigenvalue weighted by Crippen LogP contribution is 2.32. The Labute approximate surface area is 218 Å². The lowest BCUT2D eigenvalue weighted by Gasteiger charge is -2.28. The third kappa shape index (κ3) is 7.77. The zero-order valence-electron chi connectivity index (χ0n) is 20.9. The molecule has 3 aromatic carbocycles. The van der Waals surface area contributed by atoms with Gasteiger partial charge in [-0.15, -0.1) is 0 Å². The molecule has 1 atom stereocenters. The molecular formula is C28H30F4N2O4. The van der Waals surface area contributed by atoms with Crippen molar-refractivity contribution in [3.63, 3.8) is 0 Å². The Kier molecular flexibility index (Phi) is 9.14. The van der Waals surface area contributed by atoms with Crippen molar-refractivity contribution < 1.29 is 37.7 Å². The molecule has 0 unspecified atom stereocenters. The number of aliphatic hydroxyl groups is 2. The van der Waals surface area contributed by atoms with Gasteiger partial charge in [-0.1, -0.05) is 24.3 Å². The number of nitrogens with one attached hydrogen (secondary N) is 2. The third-order valence-electron chi connectivity index (χ3n) is 6.08. The van der Waals surface area contributed by atoms with Crippen molar-refractivity contribution in [2.45, 2.75) is 51.2 Å². The Morgan fingerprint density at radius 1 is 1.00 bits per heavy atom. The van der Waals surface area contributed by atoms with Crippen LogP contribution in [-0.4, -0.2) is 33.3 Å². The molecule has 0 aliphatic rings. The van der Waals surface area contributed by atoms with Gasteiger partial charge in [-0.2, -0.15) is 13.2 Å². The molecule has 0 bridgehead atoms. The summed E-state index contributed by atoms with van der Waals surface area (Å²) < 4.78 is 53.0. The topological polar surface area (TPSA) is 102 Å². The number of amides is 1. The summed E-state index contributed by atoms with van der Waals surface area (Å²) in [6, 6.07) is 13.5. The summed E-state index contributed by atoms with van der Waals surface area (Å²) in [5, 5.41) is 35.3. The zero-order valence-corrected chi connectivity index (χ0v) is 20.9. The molecule has 38 heavy (non-hydrogen) atoms. The third-order valence-corrected chi connectivity index (χ3v) is 6.08. The first-order chi connectivity index (χ1) is 17.8. The number of hydrogen-bond donors (Lipinski definition) is 5. The minimum Gasteiger partial charge on any atom is -0.508 e. The van der Waals surface area contributed by atoms with Crippen LogP contribution < -0.4 is 10.6 Å². The Balaban J connectivity index is 1.62. The van der Waals surface area contributed by atoms with Crippen LogP contribution in [-0.2, 0) is 25.7 Å². The van der Waals surface area contributed by atoms with E-state index < -0.39 is 41.7 Å². The minimum atomic E-state index is -4.75. The van der Waals surface area contributed by atoms with E-state index >= 15 is 0 Å². The first-order valence-corrected chi connectivity index (χ1v) is 11.9. The maximum Gasteiger partial charge on any atom is 0.416 e. The molecule has 0 saturated heterocycles. The number of hydrogen-bond acceptors (Lipinski definition) is 5. The van der Waals surface area contributed by atoms with Crippen LogP contribution in [0.1, 0.15) is 58.1 Å². The molecule has 0 aromatic heterocycles. The molecule has 3 rings (SSSR count). The number of carbonyl (C=O) groups excluding carboxylic acids is 1. The summed E-state index contributed by atoms with van der Waals surface area (Å²) in [7, 11) is 0. The predicted octanol–water partition coefficient (Wildman–Crippen LogP) is 4.62. The summed E-state index contributed by atoms with van der Waals surface area (Å²) in [6.45, 7) is 3.23. The number of aromatic hydroxyl groups is 1. The lowest BCUT2D eigenvalue weighted by molar-refractivity contribution is -0.138. The fourth-order valence-electron chi connectivity index (χ4n) is 4.07. The van der Waals surface area contributed by atoms with Crippen LogP contribution in [0, 0.1) is 5.82 Å². The number of rotatable bonds is 10. The van der Waals surface area contributed by atoms with Gasteiger partial charge in [0.2, 0.25) is 0 Å². The summed E-state index contributed by atoms with van der Waals surface area (Å²) in [5.41, 5.74) is -0.00552. The predicted molar refractivity (Wildman–Crippen MR) is 134 cm³/mol. The molecule has 0 aliphatic heterocycles. The molecule has 10 heteroatoms. The fourth-order valence-corrected chi connectivity index (χ4v) is 4.07. The van der Waals surface area contributed by atoms with E-state index in [1.54, 1.807) is 24.3 Å². The second-order valence-corrected chi connectivity index (χ2v) is 9.69. The molecule has 0 fully saturated rings. The normalized spacial score (nSPS) is 12.8. The van der Waals surface area contributed by atoms with Gasteiger partial charge < -0.3 is 26.0 Å². The van der Waals surface area contributed by atoms with Crippen molar-refractivity contribution in [3.05, 3.63) is 99.9 Å². The molecule has 6 nitrogen and oxygen atoms in total. The molecule has 0 aliphatic carbocycles. The lowest BCUT2D eigenvalue weighted by Crippen LogP contribution is -2.43. The van der Waals surface area contributed by atoms with Gasteiger partial charge in [0.05, 0.1) is 18.3 Å².